The van der Waals surface area contributed by atoms with Crippen molar-refractivity contribution in [2.45, 2.75) is 5.16 Å². The van der Waals surface area contributed by atoms with Crippen molar-refractivity contribution in [3.05, 3.63) is 44.7 Å². The van der Waals surface area contributed by atoms with Crippen molar-refractivity contribution in [2.24, 2.45) is 0 Å². The lowest BCUT2D eigenvalue weighted by atomic mass is 10.2. The molecule has 1 aromatic carbocycles. The number of benzene rings is 1. The van der Waals surface area contributed by atoms with Crippen LogP contribution in [-0.2, 0) is 0 Å². The molecule has 0 radical (unpaired) electrons. The Morgan fingerprint density at radius 1 is 1.23 bits per heavy atom. The van der Waals surface area contributed by atoms with Gasteiger partial charge < -0.3 is 10.7 Å². The summed E-state index contributed by atoms with van der Waals surface area (Å²) in [4.78, 5) is 37.1. The van der Waals surface area contributed by atoms with Crippen LogP contribution >= 0.6 is 27.7 Å². The number of anilines is 1. The summed E-state index contributed by atoms with van der Waals surface area (Å²) in [5.41, 5.74) is 6.17. The normalized spacial score (nSPS) is 11.0. The molecule has 2 aromatic heterocycles. The van der Waals surface area contributed by atoms with Crippen LogP contribution in [0.5, 0.6) is 0 Å². The zero-order valence-corrected chi connectivity index (χ0v) is 13.5. The third kappa shape index (κ3) is 3.04. The van der Waals surface area contributed by atoms with E-state index in [2.05, 4.69) is 35.9 Å². The van der Waals surface area contributed by atoms with Gasteiger partial charge in [-0.25, -0.2) is 4.98 Å². The van der Waals surface area contributed by atoms with E-state index in [0.29, 0.717) is 10.7 Å². The van der Waals surface area contributed by atoms with Crippen molar-refractivity contribution in [3.63, 3.8) is 0 Å². The van der Waals surface area contributed by atoms with E-state index in [9.17, 15) is 9.59 Å². The van der Waals surface area contributed by atoms with Gasteiger partial charge in [0.1, 0.15) is 0 Å². The Balaban J connectivity index is 1.76. The average Bonchev–Trinajstić information content (AvgIpc) is 2.89. The number of ketones is 1. The van der Waals surface area contributed by atoms with Crippen molar-refractivity contribution < 1.29 is 4.79 Å². The summed E-state index contributed by atoms with van der Waals surface area (Å²) in [7, 11) is 0. The van der Waals surface area contributed by atoms with E-state index < -0.39 is 0 Å². The van der Waals surface area contributed by atoms with Gasteiger partial charge in [-0.05, 0) is 12.1 Å². The smallest absolute Gasteiger partial charge is 0.278 e. The van der Waals surface area contributed by atoms with Gasteiger partial charge in [-0.2, -0.15) is 4.98 Å². The topological polar surface area (TPSA) is 118 Å². The molecule has 0 unspecified atom stereocenters. The molecule has 0 fully saturated rings. The van der Waals surface area contributed by atoms with Crippen LogP contribution in [0, 0.1) is 0 Å². The van der Waals surface area contributed by atoms with Gasteiger partial charge in [0.25, 0.3) is 5.56 Å². The van der Waals surface area contributed by atoms with Crippen molar-refractivity contribution in [2.75, 3.05) is 11.5 Å². The first-order valence-corrected chi connectivity index (χ1v) is 7.98. The number of nitrogens with zero attached hydrogens (tertiary/aromatic N) is 2. The van der Waals surface area contributed by atoms with E-state index >= 15 is 0 Å². The van der Waals surface area contributed by atoms with Crippen LogP contribution in [0.25, 0.3) is 11.2 Å². The molecule has 0 spiro atoms. The summed E-state index contributed by atoms with van der Waals surface area (Å²) in [6, 6.07) is 7.12. The van der Waals surface area contributed by atoms with Gasteiger partial charge in [-0.3, -0.25) is 14.6 Å². The number of hydrogen-bond donors (Lipinski definition) is 3. The van der Waals surface area contributed by atoms with Crippen molar-refractivity contribution in [1.29, 1.82) is 0 Å². The molecule has 4 N–H and O–H groups in total. The first kappa shape index (κ1) is 14.8. The first-order valence-electron chi connectivity index (χ1n) is 6.20. The van der Waals surface area contributed by atoms with Gasteiger partial charge in [0.2, 0.25) is 5.95 Å². The van der Waals surface area contributed by atoms with Crippen molar-refractivity contribution in [3.8, 4) is 0 Å². The van der Waals surface area contributed by atoms with Gasteiger partial charge in [-0.1, -0.05) is 39.8 Å². The van der Waals surface area contributed by atoms with Gasteiger partial charge in [-0.15, -0.1) is 0 Å². The van der Waals surface area contributed by atoms with Crippen LogP contribution in [0.3, 0.4) is 0 Å². The number of H-pyrrole nitrogens is 2. The van der Waals surface area contributed by atoms with Gasteiger partial charge in [0.15, 0.2) is 22.1 Å². The largest absolute Gasteiger partial charge is 0.369 e. The molecule has 0 bridgehead atoms. The van der Waals surface area contributed by atoms with E-state index in [4.69, 9.17) is 5.73 Å². The zero-order valence-electron chi connectivity index (χ0n) is 11.1. The minimum atomic E-state index is -0.388. The molecule has 0 atom stereocenters. The summed E-state index contributed by atoms with van der Waals surface area (Å²) >= 11 is 4.53. The number of rotatable bonds is 4. The van der Waals surface area contributed by atoms with Gasteiger partial charge in [0, 0.05) is 10.0 Å². The molecule has 0 aliphatic heterocycles. The summed E-state index contributed by atoms with van der Waals surface area (Å²) in [5, 5.41) is 0.448. The summed E-state index contributed by atoms with van der Waals surface area (Å²) in [6.45, 7) is 0. The fourth-order valence-corrected chi connectivity index (χ4v) is 2.85. The number of carbonyl (C=O) groups is 1. The molecule has 7 nitrogen and oxygen atoms in total. The number of thioether (sulfide) groups is 1. The number of aromatic amines is 2. The van der Waals surface area contributed by atoms with Crippen molar-refractivity contribution in [1.82, 2.24) is 19.9 Å². The molecule has 0 amide bonds. The Morgan fingerprint density at radius 3 is 2.68 bits per heavy atom. The molecule has 22 heavy (non-hydrogen) atoms. The second-order valence-corrected chi connectivity index (χ2v) is 6.29. The van der Waals surface area contributed by atoms with E-state index in [-0.39, 0.29) is 34.2 Å². The van der Waals surface area contributed by atoms with Crippen LogP contribution < -0.4 is 11.3 Å². The predicted octanol–water partition coefficient (Wildman–Crippen LogP) is 1.97. The summed E-state index contributed by atoms with van der Waals surface area (Å²) < 4.78 is 0.914. The minimum Gasteiger partial charge on any atom is -0.369 e. The van der Waals surface area contributed by atoms with Gasteiger partial charge >= 0.3 is 0 Å². The molecule has 3 rings (SSSR count). The second kappa shape index (κ2) is 5.93. The highest BCUT2D eigenvalue weighted by atomic mass is 79.9. The predicted molar refractivity (Wildman–Crippen MR) is 88.1 cm³/mol. The van der Waals surface area contributed by atoms with E-state index in [0.717, 1.165) is 4.47 Å². The first-order chi connectivity index (χ1) is 10.5. The number of fused-ring (bicyclic) bond motifs is 1. The van der Waals surface area contributed by atoms with Crippen molar-refractivity contribution >= 4 is 50.6 Å². The number of nitrogens with one attached hydrogen (secondary N) is 2. The van der Waals surface area contributed by atoms with Gasteiger partial charge in [0.05, 0.1) is 5.75 Å². The maximum Gasteiger partial charge on any atom is 0.278 e. The average molecular weight is 380 g/mol. The van der Waals surface area contributed by atoms with E-state index in [1.54, 1.807) is 12.1 Å². The Hall–Kier alpha value is -2.13. The number of nitrogen functional groups attached to an aromatic ring is 1. The van der Waals surface area contributed by atoms with Crippen LogP contribution in [0.15, 0.2) is 38.7 Å². The number of hydrogen-bond acceptors (Lipinski definition) is 6. The molecular formula is C13H10BrN5O2S. The number of aromatic nitrogens is 4. The highest BCUT2D eigenvalue weighted by molar-refractivity contribution is 9.10. The molecule has 112 valence electrons. The number of nitrogens with two attached hydrogens (primary N) is 1. The fourth-order valence-electron chi connectivity index (χ4n) is 1.82. The lowest BCUT2D eigenvalue weighted by molar-refractivity contribution is 0.102. The molecular weight excluding hydrogens is 370 g/mol. The third-order valence-corrected chi connectivity index (χ3v) is 4.27. The standard InChI is InChI=1S/C13H10BrN5O2S/c14-7-3-1-6(2-4-7)8(20)5-22-13-16-9-10(18-13)17-12(15)19-11(9)21/h1-4H,5H2,(H4,15,16,17,18,19,21). The molecule has 0 aliphatic carbocycles. The van der Waals surface area contributed by atoms with Crippen LogP contribution in [-0.4, -0.2) is 31.5 Å². The van der Waals surface area contributed by atoms with Crippen LogP contribution in [0.2, 0.25) is 0 Å². The monoisotopic (exact) mass is 379 g/mol. The second-order valence-electron chi connectivity index (χ2n) is 4.41. The van der Waals surface area contributed by atoms with E-state index in [1.807, 2.05) is 12.1 Å². The minimum absolute atomic E-state index is 0.00601. The lowest BCUT2D eigenvalue weighted by Gasteiger charge is -1.99. The third-order valence-electron chi connectivity index (χ3n) is 2.86. The lowest BCUT2D eigenvalue weighted by Crippen LogP contribution is -2.10. The zero-order chi connectivity index (χ0) is 15.7. The van der Waals surface area contributed by atoms with E-state index in [1.165, 1.54) is 11.8 Å². The Labute approximate surface area is 136 Å². The molecule has 0 aliphatic rings. The summed E-state index contributed by atoms with van der Waals surface area (Å²) in [5.74, 6) is 0.181. The Bertz CT molecular complexity index is 903. The molecule has 0 saturated carbocycles. The highest BCUT2D eigenvalue weighted by Gasteiger charge is 2.12. The van der Waals surface area contributed by atoms with Crippen LogP contribution in [0.4, 0.5) is 5.95 Å². The Kier molecular flexibility index (Phi) is 3.99. The number of imidazole rings is 1. The number of halogens is 1. The van der Waals surface area contributed by atoms with Crippen LogP contribution in [0.1, 0.15) is 10.4 Å². The molecule has 3 aromatic rings. The maximum absolute atomic E-state index is 12.1. The maximum atomic E-state index is 12.1. The molecule has 0 saturated heterocycles. The Morgan fingerprint density at radius 2 is 1.95 bits per heavy atom. The summed E-state index contributed by atoms with van der Waals surface area (Å²) in [6.07, 6.45) is 0. The quantitative estimate of drug-likeness (QED) is 0.471. The SMILES string of the molecule is Nc1nc2nc(SCC(=O)c3ccc(Br)cc3)[nH]c2c(=O)[nH]1. The molecule has 2 heterocycles. The number of carbonyl (C=O) groups excluding carboxylic acids is 1. The highest BCUT2D eigenvalue weighted by Crippen LogP contribution is 2.19. The fraction of sp³-hybridized carbons (Fsp3) is 0.0769. The number of Topliss-reactive ketones (excluding diaryl/α,β-unsaturated/α-hetero) is 1. The molecule has 9 heteroatoms.